The first-order valence-electron chi connectivity index (χ1n) is 33.8. The molecule has 19 heteroatoms. The lowest BCUT2D eigenvalue weighted by atomic mass is 10.0. The zero-order chi connectivity index (χ0) is 62.4. The number of aliphatic hydroxyl groups excluding tert-OH is 1. The molecule has 0 bridgehead atoms. The number of carbonyl (C=O) groups excluding carboxylic acids is 4. The van der Waals surface area contributed by atoms with Crippen molar-refractivity contribution >= 4 is 39.5 Å². The normalized spacial score (nSPS) is 14.3. The average Bonchev–Trinajstić information content (AvgIpc) is 3.52. The van der Waals surface area contributed by atoms with Gasteiger partial charge in [0.05, 0.1) is 26.4 Å². The number of carbonyl (C=O) groups is 4. The van der Waals surface area contributed by atoms with Crippen LogP contribution in [0.15, 0.2) is 0 Å². The molecule has 0 aromatic rings. The Morgan fingerprint density at radius 1 is 0.321 bits per heavy atom. The number of rotatable bonds is 63. The number of hydrogen-bond acceptors (Lipinski definition) is 15. The van der Waals surface area contributed by atoms with Crippen LogP contribution in [0.3, 0.4) is 0 Å². The Morgan fingerprint density at radius 2 is 0.548 bits per heavy atom. The van der Waals surface area contributed by atoms with Crippen LogP contribution in [0.4, 0.5) is 0 Å². The van der Waals surface area contributed by atoms with Crippen LogP contribution >= 0.6 is 15.6 Å². The molecule has 3 N–H and O–H groups in total. The van der Waals surface area contributed by atoms with Crippen molar-refractivity contribution < 1.29 is 80.2 Å². The Bertz CT molecular complexity index is 1660. The Morgan fingerprint density at radius 3 is 0.810 bits per heavy atom. The van der Waals surface area contributed by atoms with Gasteiger partial charge in [0.15, 0.2) is 12.2 Å². The lowest BCUT2D eigenvalue weighted by Gasteiger charge is -2.21. The van der Waals surface area contributed by atoms with Crippen molar-refractivity contribution in [3.05, 3.63) is 0 Å². The largest absolute Gasteiger partial charge is 0.472 e. The van der Waals surface area contributed by atoms with Gasteiger partial charge in [-0.1, -0.05) is 267 Å². The molecule has 0 fully saturated rings. The van der Waals surface area contributed by atoms with Gasteiger partial charge in [-0.05, 0) is 43.4 Å². The molecule has 0 aliphatic rings. The van der Waals surface area contributed by atoms with Gasteiger partial charge in [0.25, 0.3) is 0 Å². The van der Waals surface area contributed by atoms with E-state index >= 15 is 0 Å². The summed E-state index contributed by atoms with van der Waals surface area (Å²) in [6, 6.07) is 0. The molecule has 0 aromatic carbocycles. The van der Waals surface area contributed by atoms with Crippen LogP contribution in [0.1, 0.15) is 318 Å². The fraction of sp³-hybridized carbons (Fsp3) is 0.938. The molecule has 0 amide bonds. The number of unbranched alkanes of at least 4 members (excludes halogenated alkanes) is 31. The molecule has 0 aliphatic carbocycles. The second-order valence-electron chi connectivity index (χ2n) is 24.9. The van der Waals surface area contributed by atoms with Crippen molar-refractivity contribution in [2.75, 3.05) is 39.6 Å². The third-order valence-corrected chi connectivity index (χ3v) is 16.8. The topological polar surface area (TPSA) is 237 Å². The van der Waals surface area contributed by atoms with E-state index in [0.717, 1.165) is 108 Å². The second-order valence-corrected chi connectivity index (χ2v) is 27.8. The number of ether oxygens (including phenoxy) is 4. The number of phosphoric acid groups is 2. The molecule has 0 aromatic heterocycles. The van der Waals surface area contributed by atoms with Crippen molar-refractivity contribution in [2.24, 2.45) is 17.8 Å². The van der Waals surface area contributed by atoms with E-state index < -0.39 is 97.5 Å². The monoisotopic (exact) mass is 1240 g/mol. The first-order valence-corrected chi connectivity index (χ1v) is 36.8. The van der Waals surface area contributed by atoms with Crippen molar-refractivity contribution in [2.45, 2.75) is 336 Å². The number of aliphatic hydroxyl groups is 1. The van der Waals surface area contributed by atoms with Crippen LogP contribution in [-0.2, 0) is 65.4 Å². The van der Waals surface area contributed by atoms with E-state index in [2.05, 4.69) is 48.5 Å². The summed E-state index contributed by atoms with van der Waals surface area (Å²) in [7, 11) is -9.88. The van der Waals surface area contributed by atoms with Gasteiger partial charge < -0.3 is 33.8 Å². The summed E-state index contributed by atoms with van der Waals surface area (Å²) >= 11 is 0. The van der Waals surface area contributed by atoms with E-state index in [1.807, 2.05) is 0 Å². The quantitative estimate of drug-likeness (QED) is 0.0222. The summed E-state index contributed by atoms with van der Waals surface area (Å²) in [5, 5.41) is 10.5. The summed E-state index contributed by atoms with van der Waals surface area (Å²) in [6.07, 6.45) is 38.0. The molecular weight excluding hydrogens is 1110 g/mol. The molecule has 0 saturated carbocycles. The van der Waals surface area contributed by atoms with Crippen LogP contribution in [0.5, 0.6) is 0 Å². The molecule has 5 atom stereocenters. The van der Waals surface area contributed by atoms with Gasteiger partial charge in [-0.2, -0.15) is 0 Å². The predicted molar refractivity (Wildman–Crippen MR) is 335 cm³/mol. The molecular formula is C65H126O17P2. The fourth-order valence-corrected chi connectivity index (χ4v) is 11.2. The van der Waals surface area contributed by atoms with Gasteiger partial charge in [0.1, 0.15) is 19.3 Å². The SMILES string of the molecule is CCCCCCCC(=O)OC[C@H](COP(=O)(O)OC[C@H](O)COP(=O)(O)OC[C@@H](COC(=O)CCCCCCCCCCCCC(C)C)OC(=O)CCCCCCCCCCCCCCCC(C)C)OC(=O)CCCCCCCCCC(C)C. The Hall–Kier alpha value is -1.94. The van der Waals surface area contributed by atoms with Gasteiger partial charge in [-0.3, -0.25) is 37.3 Å². The maximum Gasteiger partial charge on any atom is 0.472 e. The number of esters is 4. The van der Waals surface area contributed by atoms with Crippen molar-refractivity contribution in [3.63, 3.8) is 0 Å². The van der Waals surface area contributed by atoms with E-state index in [9.17, 15) is 43.2 Å². The Kier molecular flexibility index (Phi) is 55.0. The van der Waals surface area contributed by atoms with Crippen molar-refractivity contribution in [3.8, 4) is 0 Å². The molecule has 0 aliphatic heterocycles. The lowest BCUT2D eigenvalue weighted by Crippen LogP contribution is -2.30. The highest BCUT2D eigenvalue weighted by atomic mass is 31.2. The van der Waals surface area contributed by atoms with E-state index in [1.54, 1.807) is 0 Å². The van der Waals surface area contributed by atoms with Gasteiger partial charge in [-0.15, -0.1) is 0 Å². The summed E-state index contributed by atoms with van der Waals surface area (Å²) in [5.74, 6) is 0.0952. The van der Waals surface area contributed by atoms with Crippen LogP contribution in [0.25, 0.3) is 0 Å². The summed E-state index contributed by atoms with van der Waals surface area (Å²) in [5.41, 5.74) is 0. The molecule has 0 saturated heterocycles. The highest BCUT2D eigenvalue weighted by Crippen LogP contribution is 2.45. The molecule has 0 radical (unpaired) electrons. The summed E-state index contributed by atoms with van der Waals surface area (Å²) in [4.78, 5) is 72.0. The molecule has 498 valence electrons. The second kappa shape index (κ2) is 56.3. The van der Waals surface area contributed by atoms with Crippen molar-refractivity contribution in [1.29, 1.82) is 0 Å². The van der Waals surface area contributed by atoms with Crippen molar-refractivity contribution in [1.82, 2.24) is 0 Å². The van der Waals surface area contributed by atoms with Gasteiger partial charge >= 0.3 is 39.5 Å². The molecule has 84 heavy (non-hydrogen) atoms. The number of hydrogen-bond donors (Lipinski definition) is 3. The van der Waals surface area contributed by atoms with E-state index in [0.29, 0.717) is 31.6 Å². The molecule has 0 rings (SSSR count). The third-order valence-electron chi connectivity index (χ3n) is 14.9. The van der Waals surface area contributed by atoms with Gasteiger partial charge in [0.2, 0.25) is 0 Å². The minimum absolute atomic E-state index is 0.102. The van der Waals surface area contributed by atoms with Crippen LogP contribution in [0, 0.1) is 17.8 Å². The molecule has 0 heterocycles. The zero-order valence-electron chi connectivity index (χ0n) is 54.4. The minimum atomic E-state index is -4.95. The standard InChI is InChI=1S/C65H126O17P2/c1-8-9-10-29-39-46-62(67)75-52-60(81-65(70)49-42-35-28-22-25-32-38-45-58(6)7)54-79-83(71,72)77-50-59(66)51-78-84(73,74)80-55-61(53-76-63(68)47-40-33-26-20-17-16-19-24-31-37-44-57(4)5)82-64(69)48-41-34-27-21-15-13-11-12-14-18-23-30-36-43-56(2)3/h56-61,66H,8-55H2,1-7H3,(H,71,72)(H,73,74)/t59-,60+,61+/m0/s1. The minimum Gasteiger partial charge on any atom is -0.462 e. The summed E-state index contributed by atoms with van der Waals surface area (Å²) < 4.78 is 67.8. The summed E-state index contributed by atoms with van der Waals surface area (Å²) in [6.45, 7) is 11.7. The maximum atomic E-state index is 13.0. The van der Waals surface area contributed by atoms with E-state index in [4.69, 9.17) is 37.0 Å². The predicted octanol–water partition coefficient (Wildman–Crippen LogP) is 17.9. The lowest BCUT2D eigenvalue weighted by molar-refractivity contribution is -0.161. The maximum absolute atomic E-state index is 13.0. The first-order chi connectivity index (χ1) is 40.2. The smallest absolute Gasteiger partial charge is 0.462 e. The van der Waals surface area contributed by atoms with Gasteiger partial charge in [-0.25, -0.2) is 9.13 Å². The fourth-order valence-electron chi connectivity index (χ4n) is 9.66. The van der Waals surface area contributed by atoms with Gasteiger partial charge in [0, 0.05) is 25.7 Å². The number of phosphoric ester groups is 2. The zero-order valence-corrected chi connectivity index (χ0v) is 56.1. The molecule has 2 unspecified atom stereocenters. The first kappa shape index (κ1) is 82.1. The third kappa shape index (κ3) is 59.0. The highest BCUT2D eigenvalue weighted by molar-refractivity contribution is 7.47. The highest BCUT2D eigenvalue weighted by Gasteiger charge is 2.30. The Balaban J connectivity index is 5.18. The average molecular weight is 1240 g/mol. The Labute approximate surface area is 511 Å². The molecule has 17 nitrogen and oxygen atoms in total. The van der Waals surface area contributed by atoms with Crippen LogP contribution < -0.4 is 0 Å². The van der Waals surface area contributed by atoms with E-state index in [-0.39, 0.29) is 25.7 Å². The van der Waals surface area contributed by atoms with Crippen LogP contribution in [0.2, 0.25) is 0 Å². The molecule has 0 spiro atoms. The van der Waals surface area contributed by atoms with E-state index in [1.165, 1.54) is 122 Å². The van der Waals surface area contributed by atoms with Crippen LogP contribution in [-0.4, -0.2) is 96.7 Å².